The fourth-order valence-corrected chi connectivity index (χ4v) is 2.54. The average molecular weight is 298 g/mol. The van der Waals surface area contributed by atoms with E-state index < -0.39 is 6.04 Å². The summed E-state index contributed by atoms with van der Waals surface area (Å²) in [6.07, 6.45) is 1.89. The SMILES string of the molecule is CC(=O)NC1CCCN(CC(=O)NC(C)C(=O)N(C)C)C1. The van der Waals surface area contributed by atoms with Gasteiger partial charge in [0.15, 0.2) is 0 Å². The molecule has 0 spiro atoms. The van der Waals surface area contributed by atoms with Crippen LogP contribution in [0.3, 0.4) is 0 Å². The highest BCUT2D eigenvalue weighted by Crippen LogP contribution is 2.09. The monoisotopic (exact) mass is 298 g/mol. The Morgan fingerprint density at radius 1 is 1.33 bits per heavy atom. The molecule has 0 aromatic rings. The molecule has 0 bridgehead atoms. The van der Waals surface area contributed by atoms with Crippen molar-refractivity contribution in [3.05, 3.63) is 0 Å². The van der Waals surface area contributed by atoms with E-state index in [2.05, 4.69) is 10.6 Å². The number of rotatable bonds is 5. The highest BCUT2D eigenvalue weighted by Gasteiger charge is 2.23. The maximum absolute atomic E-state index is 12.0. The van der Waals surface area contributed by atoms with Crippen LogP contribution in [0, 0.1) is 0 Å². The van der Waals surface area contributed by atoms with E-state index in [4.69, 9.17) is 0 Å². The lowest BCUT2D eigenvalue weighted by Gasteiger charge is -2.32. The van der Waals surface area contributed by atoms with E-state index in [0.29, 0.717) is 6.54 Å². The van der Waals surface area contributed by atoms with Crippen LogP contribution in [-0.4, -0.2) is 73.3 Å². The predicted molar refractivity (Wildman–Crippen MR) is 79.6 cm³/mol. The minimum absolute atomic E-state index is 0.0449. The fraction of sp³-hybridized carbons (Fsp3) is 0.786. The van der Waals surface area contributed by atoms with Gasteiger partial charge in [-0.2, -0.15) is 0 Å². The largest absolute Gasteiger partial charge is 0.352 e. The van der Waals surface area contributed by atoms with Crippen molar-refractivity contribution < 1.29 is 14.4 Å². The first-order valence-electron chi connectivity index (χ1n) is 7.29. The van der Waals surface area contributed by atoms with Crippen molar-refractivity contribution in [3.8, 4) is 0 Å². The van der Waals surface area contributed by atoms with Gasteiger partial charge in [0.2, 0.25) is 17.7 Å². The summed E-state index contributed by atoms with van der Waals surface area (Å²) in [6.45, 7) is 4.93. The quantitative estimate of drug-likeness (QED) is 0.695. The summed E-state index contributed by atoms with van der Waals surface area (Å²) in [5.41, 5.74) is 0. The van der Waals surface area contributed by atoms with Gasteiger partial charge in [0.05, 0.1) is 6.54 Å². The molecule has 120 valence electrons. The molecular weight excluding hydrogens is 272 g/mol. The number of likely N-dealkylation sites (tertiary alicyclic amines) is 1. The van der Waals surface area contributed by atoms with Gasteiger partial charge in [-0.15, -0.1) is 0 Å². The summed E-state index contributed by atoms with van der Waals surface area (Å²) in [5.74, 6) is -0.337. The molecule has 0 radical (unpaired) electrons. The molecule has 2 N–H and O–H groups in total. The van der Waals surface area contributed by atoms with Crippen molar-refractivity contribution in [1.82, 2.24) is 20.4 Å². The molecule has 21 heavy (non-hydrogen) atoms. The molecule has 1 saturated heterocycles. The topological polar surface area (TPSA) is 81.8 Å². The molecule has 7 nitrogen and oxygen atoms in total. The number of nitrogens with zero attached hydrogens (tertiary/aromatic N) is 2. The molecule has 0 aromatic carbocycles. The van der Waals surface area contributed by atoms with Crippen molar-refractivity contribution in [1.29, 1.82) is 0 Å². The Labute approximate surface area is 126 Å². The first-order chi connectivity index (χ1) is 9.79. The summed E-state index contributed by atoms with van der Waals surface area (Å²) in [4.78, 5) is 38.2. The molecule has 1 fully saturated rings. The minimum Gasteiger partial charge on any atom is -0.352 e. The normalized spacial score (nSPS) is 20.5. The average Bonchev–Trinajstić information content (AvgIpc) is 2.36. The van der Waals surface area contributed by atoms with Gasteiger partial charge in [0.1, 0.15) is 6.04 Å². The highest BCUT2D eigenvalue weighted by atomic mass is 16.2. The number of carbonyl (C=O) groups is 3. The minimum atomic E-state index is -0.525. The number of hydrogen-bond acceptors (Lipinski definition) is 4. The number of hydrogen-bond donors (Lipinski definition) is 2. The molecule has 2 unspecified atom stereocenters. The lowest BCUT2D eigenvalue weighted by Crippen LogP contribution is -2.52. The Morgan fingerprint density at radius 2 is 2.00 bits per heavy atom. The second kappa shape index (κ2) is 7.97. The van der Waals surface area contributed by atoms with Gasteiger partial charge in [-0.1, -0.05) is 0 Å². The van der Waals surface area contributed by atoms with E-state index in [1.807, 2.05) is 4.90 Å². The Hall–Kier alpha value is -1.63. The molecule has 1 aliphatic rings. The van der Waals surface area contributed by atoms with Crippen LogP contribution in [0.2, 0.25) is 0 Å². The zero-order chi connectivity index (χ0) is 16.0. The van der Waals surface area contributed by atoms with Gasteiger partial charge in [-0.3, -0.25) is 19.3 Å². The Morgan fingerprint density at radius 3 is 2.57 bits per heavy atom. The van der Waals surface area contributed by atoms with E-state index in [9.17, 15) is 14.4 Å². The lowest BCUT2D eigenvalue weighted by molar-refractivity contribution is -0.134. The van der Waals surface area contributed by atoms with Gasteiger partial charge in [-0.25, -0.2) is 0 Å². The zero-order valence-electron chi connectivity index (χ0n) is 13.3. The van der Waals surface area contributed by atoms with Crippen LogP contribution in [-0.2, 0) is 14.4 Å². The first kappa shape index (κ1) is 17.4. The standard InChI is InChI=1S/C14H26N4O3/c1-10(14(21)17(3)4)15-13(20)9-18-7-5-6-12(8-18)16-11(2)19/h10,12H,5-9H2,1-4H3,(H,15,20)(H,16,19). The van der Waals surface area contributed by atoms with Crippen molar-refractivity contribution in [3.63, 3.8) is 0 Å². The van der Waals surface area contributed by atoms with Gasteiger partial charge < -0.3 is 15.5 Å². The van der Waals surface area contributed by atoms with Crippen LogP contribution in [0.1, 0.15) is 26.7 Å². The van der Waals surface area contributed by atoms with Crippen LogP contribution in [0.5, 0.6) is 0 Å². The van der Waals surface area contributed by atoms with Crippen LogP contribution in [0.15, 0.2) is 0 Å². The highest BCUT2D eigenvalue weighted by molar-refractivity contribution is 5.87. The van der Waals surface area contributed by atoms with Crippen molar-refractivity contribution in [2.45, 2.75) is 38.8 Å². The molecular formula is C14H26N4O3. The third-order valence-electron chi connectivity index (χ3n) is 3.47. The molecule has 0 saturated carbocycles. The van der Waals surface area contributed by atoms with Crippen molar-refractivity contribution in [2.24, 2.45) is 0 Å². The van der Waals surface area contributed by atoms with Crippen LogP contribution >= 0.6 is 0 Å². The van der Waals surface area contributed by atoms with Crippen molar-refractivity contribution in [2.75, 3.05) is 33.7 Å². The molecule has 7 heteroatoms. The number of nitrogens with one attached hydrogen (secondary N) is 2. The van der Waals surface area contributed by atoms with E-state index >= 15 is 0 Å². The molecule has 1 rings (SSSR count). The summed E-state index contributed by atoms with van der Waals surface area (Å²) in [5, 5.41) is 5.59. The van der Waals surface area contributed by atoms with Crippen molar-refractivity contribution >= 4 is 17.7 Å². The number of likely N-dealkylation sites (N-methyl/N-ethyl adjacent to an activating group) is 1. The smallest absolute Gasteiger partial charge is 0.244 e. The zero-order valence-corrected chi connectivity index (χ0v) is 13.3. The van der Waals surface area contributed by atoms with Gasteiger partial charge in [0, 0.05) is 33.6 Å². The Balaban J connectivity index is 2.40. The second-order valence-corrected chi connectivity index (χ2v) is 5.80. The van der Waals surface area contributed by atoms with Gasteiger partial charge in [0.25, 0.3) is 0 Å². The first-order valence-corrected chi connectivity index (χ1v) is 7.29. The van der Waals surface area contributed by atoms with E-state index in [0.717, 1.165) is 19.4 Å². The maximum Gasteiger partial charge on any atom is 0.244 e. The molecule has 0 aliphatic carbocycles. The van der Waals surface area contributed by atoms with Crippen LogP contribution < -0.4 is 10.6 Å². The van der Waals surface area contributed by atoms with Crippen LogP contribution in [0.4, 0.5) is 0 Å². The Kier molecular flexibility index (Phi) is 6.61. The summed E-state index contributed by atoms with van der Waals surface area (Å²) in [7, 11) is 3.32. The van der Waals surface area contributed by atoms with Crippen LogP contribution in [0.25, 0.3) is 0 Å². The van der Waals surface area contributed by atoms with Gasteiger partial charge in [-0.05, 0) is 26.3 Å². The third kappa shape index (κ3) is 6.12. The van der Waals surface area contributed by atoms with E-state index in [1.54, 1.807) is 21.0 Å². The van der Waals surface area contributed by atoms with E-state index in [1.165, 1.54) is 11.8 Å². The Bertz CT molecular complexity index is 398. The summed E-state index contributed by atoms with van der Waals surface area (Å²) < 4.78 is 0. The maximum atomic E-state index is 12.0. The number of piperidine rings is 1. The molecule has 3 amide bonds. The molecule has 2 atom stereocenters. The molecule has 1 heterocycles. The van der Waals surface area contributed by atoms with E-state index in [-0.39, 0.29) is 30.3 Å². The molecule has 0 aromatic heterocycles. The second-order valence-electron chi connectivity index (χ2n) is 5.80. The molecule has 1 aliphatic heterocycles. The number of carbonyl (C=O) groups excluding carboxylic acids is 3. The van der Waals surface area contributed by atoms with Gasteiger partial charge >= 0.3 is 0 Å². The lowest BCUT2D eigenvalue weighted by atomic mass is 10.1. The fourth-order valence-electron chi connectivity index (χ4n) is 2.54. The summed E-state index contributed by atoms with van der Waals surface area (Å²) >= 11 is 0. The third-order valence-corrected chi connectivity index (χ3v) is 3.47. The predicted octanol–water partition coefficient (Wildman–Crippen LogP) is -0.820. The summed E-state index contributed by atoms with van der Waals surface area (Å²) in [6, 6.07) is -0.423. The number of amides is 3.